The Morgan fingerprint density at radius 2 is 2.08 bits per heavy atom. The Balaban J connectivity index is 2.13. The van der Waals surface area contributed by atoms with E-state index >= 15 is 0 Å². The Kier molecular flexibility index (Phi) is 5.40. The second-order valence-corrected chi connectivity index (χ2v) is 3.99. The Morgan fingerprint density at radius 3 is 2.62 bits per heavy atom. The van der Waals surface area contributed by atoms with Crippen molar-refractivity contribution in [2.24, 2.45) is 0 Å². The van der Waals surface area contributed by atoms with Crippen LogP contribution in [0.5, 0.6) is 0 Å². The van der Waals surface area contributed by atoms with E-state index in [2.05, 4.69) is 6.92 Å². The van der Waals surface area contributed by atoms with Crippen LogP contribution >= 0.6 is 0 Å². The van der Waals surface area contributed by atoms with Crippen molar-refractivity contribution in [1.82, 2.24) is 0 Å². The van der Waals surface area contributed by atoms with Gasteiger partial charge in [-0.2, -0.15) is 0 Å². The highest BCUT2D eigenvalue weighted by Crippen LogP contribution is 2.23. The molecule has 0 aromatic heterocycles. The predicted molar refractivity (Wildman–Crippen MR) is 53.7 cm³/mol. The highest BCUT2D eigenvalue weighted by Gasteiger charge is 2.19. The lowest BCUT2D eigenvalue weighted by molar-refractivity contribution is -0.0402. The first-order chi connectivity index (χ1) is 6.36. The van der Waals surface area contributed by atoms with Crippen molar-refractivity contribution in [1.29, 1.82) is 0 Å². The molecular weight excluding hydrogens is 164 g/mol. The molecule has 0 radical (unpaired) electrons. The first kappa shape index (κ1) is 11.0. The van der Waals surface area contributed by atoms with E-state index in [4.69, 9.17) is 9.84 Å². The average Bonchev–Trinajstić information content (AvgIpc) is 2.64. The maximum atomic E-state index is 9.09. The van der Waals surface area contributed by atoms with Gasteiger partial charge in [-0.3, -0.25) is 0 Å². The van der Waals surface area contributed by atoms with Crippen LogP contribution in [0.15, 0.2) is 0 Å². The fourth-order valence-corrected chi connectivity index (χ4v) is 1.93. The summed E-state index contributed by atoms with van der Waals surface area (Å²) < 4.78 is 5.81. The molecule has 2 heteroatoms. The van der Waals surface area contributed by atoms with Crippen LogP contribution in [0.3, 0.4) is 0 Å². The zero-order valence-corrected chi connectivity index (χ0v) is 8.67. The minimum absolute atomic E-state index is 0.100. The second-order valence-electron chi connectivity index (χ2n) is 3.99. The van der Waals surface area contributed by atoms with Crippen molar-refractivity contribution in [3.8, 4) is 0 Å². The molecule has 1 aliphatic rings. The lowest BCUT2D eigenvalue weighted by Crippen LogP contribution is -2.23. The van der Waals surface area contributed by atoms with E-state index < -0.39 is 0 Å². The molecule has 2 nitrogen and oxygen atoms in total. The SMILES string of the molecule is CCCCC(CO)OC1CCCC1. The van der Waals surface area contributed by atoms with Crippen LogP contribution < -0.4 is 0 Å². The van der Waals surface area contributed by atoms with Crippen LogP contribution in [0.2, 0.25) is 0 Å². The van der Waals surface area contributed by atoms with E-state index in [1.165, 1.54) is 32.1 Å². The van der Waals surface area contributed by atoms with Crippen LogP contribution in [0.4, 0.5) is 0 Å². The summed E-state index contributed by atoms with van der Waals surface area (Å²) in [6.07, 6.45) is 8.90. The fraction of sp³-hybridized carbons (Fsp3) is 1.00. The number of hydrogen-bond donors (Lipinski definition) is 1. The number of unbranched alkanes of at least 4 members (excludes halogenated alkanes) is 1. The summed E-state index contributed by atoms with van der Waals surface area (Å²) in [5.74, 6) is 0. The van der Waals surface area contributed by atoms with E-state index in [0.717, 1.165) is 12.8 Å². The number of aliphatic hydroxyl groups is 1. The molecule has 13 heavy (non-hydrogen) atoms. The van der Waals surface area contributed by atoms with Crippen molar-refractivity contribution in [3.63, 3.8) is 0 Å². The molecule has 0 aromatic carbocycles. The lowest BCUT2D eigenvalue weighted by Gasteiger charge is -2.19. The maximum Gasteiger partial charge on any atom is 0.0809 e. The maximum absolute atomic E-state index is 9.09. The second kappa shape index (κ2) is 6.39. The smallest absolute Gasteiger partial charge is 0.0809 e. The van der Waals surface area contributed by atoms with Gasteiger partial charge in [0.1, 0.15) is 0 Å². The van der Waals surface area contributed by atoms with Gasteiger partial charge in [-0.05, 0) is 19.3 Å². The molecule has 1 rings (SSSR count). The summed E-state index contributed by atoms with van der Waals surface area (Å²) >= 11 is 0. The molecule has 0 heterocycles. The van der Waals surface area contributed by atoms with Crippen LogP contribution in [0.1, 0.15) is 51.9 Å². The molecule has 1 unspecified atom stereocenters. The van der Waals surface area contributed by atoms with Gasteiger partial charge in [0.2, 0.25) is 0 Å². The molecule has 0 aliphatic heterocycles. The third-order valence-corrected chi connectivity index (χ3v) is 2.77. The standard InChI is InChI=1S/C11H22O2/c1-2-3-6-11(9-12)13-10-7-4-5-8-10/h10-12H,2-9H2,1H3. The number of ether oxygens (including phenoxy) is 1. The highest BCUT2D eigenvalue weighted by atomic mass is 16.5. The van der Waals surface area contributed by atoms with E-state index in [1.807, 2.05) is 0 Å². The molecule has 1 aliphatic carbocycles. The quantitative estimate of drug-likeness (QED) is 0.690. The average molecular weight is 186 g/mol. The van der Waals surface area contributed by atoms with Gasteiger partial charge in [-0.1, -0.05) is 32.6 Å². The monoisotopic (exact) mass is 186 g/mol. The van der Waals surface area contributed by atoms with Crippen molar-refractivity contribution in [2.75, 3.05) is 6.61 Å². The Hall–Kier alpha value is -0.0800. The van der Waals surface area contributed by atoms with Crippen molar-refractivity contribution >= 4 is 0 Å². The van der Waals surface area contributed by atoms with Crippen LogP contribution in [-0.4, -0.2) is 23.9 Å². The van der Waals surface area contributed by atoms with Gasteiger partial charge in [0.25, 0.3) is 0 Å². The topological polar surface area (TPSA) is 29.5 Å². The zero-order valence-electron chi connectivity index (χ0n) is 8.67. The predicted octanol–water partition coefficient (Wildman–Crippen LogP) is 2.50. The van der Waals surface area contributed by atoms with Gasteiger partial charge in [-0.25, -0.2) is 0 Å². The number of aliphatic hydroxyl groups excluding tert-OH is 1. The minimum atomic E-state index is 0.100. The summed E-state index contributed by atoms with van der Waals surface area (Å²) in [5.41, 5.74) is 0. The summed E-state index contributed by atoms with van der Waals surface area (Å²) in [5, 5.41) is 9.09. The number of rotatable bonds is 6. The molecular formula is C11H22O2. The van der Waals surface area contributed by atoms with Crippen molar-refractivity contribution < 1.29 is 9.84 Å². The van der Waals surface area contributed by atoms with Gasteiger partial charge in [0.15, 0.2) is 0 Å². The van der Waals surface area contributed by atoms with E-state index in [9.17, 15) is 0 Å². The van der Waals surface area contributed by atoms with Crippen LogP contribution in [0, 0.1) is 0 Å². The molecule has 1 saturated carbocycles. The third kappa shape index (κ3) is 4.10. The Bertz CT molecular complexity index is 119. The summed E-state index contributed by atoms with van der Waals surface area (Å²) in [6, 6.07) is 0. The van der Waals surface area contributed by atoms with Gasteiger partial charge >= 0.3 is 0 Å². The summed E-state index contributed by atoms with van der Waals surface area (Å²) in [4.78, 5) is 0. The van der Waals surface area contributed by atoms with E-state index in [1.54, 1.807) is 0 Å². The summed E-state index contributed by atoms with van der Waals surface area (Å²) in [6.45, 7) is 2.36. The van der Waals surface area contributed by atoms with Gasteiger partial charge in [-0.15, -0.1) is 0 Å². The third-order valence-electron chi connectivity index (χ3n) is 2.77. The molecule has 0 aromatic rings. The highest BCUT2D eigenvalue weighted by molar-refractivity contribution is 4.69. The molecule has 1 atom stereocenters. The van der Waals surface area contributed by atoms with Crippen LogP contribution in [0.25, 0.3) is 0 Å². The Labute approximate surface area is 81.3 Å². The van der Waals surface area contributed by atoms with Crippen molar-refractivity contribution in [2.45, 2.75) is 64.1 Å². The molecule has 0 spiro atoms. The molecule has 0 bridgehead atoms. The van der Waals surface area contributed by atoms with Gasteiger partial charge in [0.05, 0.1) is 18.8 Å². The zero-order chi connectivity index (χ0) is 9.52. The Morgan fingerprint density at radius 1 is 1.38 bits per heavy atom. The number of hydrogen-bond acceptors (Lipinski definition) is 2. The fourth-order valence-electron chi connectivity index (χ4n) is 1.93. The van der Waals surface area contributed by atoms with Gasteiger partial charge < -0.3 is 9.84 Å². The largest absolute Gasteiger partial charge is 0.394 e. The minimum Gasteiger partial charge on any atom is -0.394 e. The van der Waals surface area contributed by atoms with E-state index in [-0.39, 0.29) is 12.7 Å². The van der Waals surface area contributed by atoms with Crippen molar-refractivity contribution in [3.05, 3.63) is 0 Å². The van der Waals surface area contributed by atoms with Crippen LogP contribution in [-0.2, 0) is 4.74 Å². The molecule has 78 valence electrons. The normalized spacial score (nSPS) is 20.8. The first-order valence-corrected chi connectivity index (χ1v) is 5.63. The molecule has 1 fully saturated rings. The summed E-state index contributed by atoms with van der Waals surface area (Å²) in [7, 11) is 0. The van der Waals surface area contributed by atoms with Gasteiger partial charge in [0, 0.05) is 0 Å². The molecule has 0 amide bonds. The van der Waals surface area contributed by atoms with E-state index in [0.29, 0.717) is 6.10 Å². The first-order valence-electron chi connectivity index (χ1n) is 5.63. The lowest BCUT2D eigenvalue weighted by atomic mass is 10.1. The molecule has 0 saturated heterocycles. The molecule has 1 N–H and O–H groups in total.